The Morgan fingerprint density at radius 3 is 2.63 bits per heavy atom. The number of nitrogen functional groups attached to an aromatic ring is 1. The van der Waals surface area contributed by atoms with Gasteiger partial charge in [0.2, 0.25) is 10.0 Å². The number of hydrogen-bond donors (Lipinski definition) is 4. The maximum Gasteiger partial charge on any atom is 0.304 e. The first kappa shape index (κ1) is 13.6. The molecule has 1 aromatic heterocycles. The minimum atomic E-state index is -3.81. The minimum Gasteiger partial charge on any atom is -0.398 e. The van der Waals surface area contributed by atoms with E-state index in [2.05, 4.69) is 10.3 Å². The molecule has 7 nitrogen and oxygen atoms in total. The lowest BCUT2D eigenvalue weighted by atomic mass is 10.3. The van der Waals surface area contributed by atoms with Crippen molar-refractivity contribution in [3.05, 3.63) is 38.9 Å². The van der Waals surface area contributed by atoms with Crippen LogP contribution in [-0.4, -0.2) is 13.4 Å². The summed E-state index contributed by atoms with van der Waals surface area (Å²) in [6.07, 6.45) is 0. The number of H-pyrrole nitrogens is 1. The van der Waals surface area contributed by atoms with Gasteiger partial charge in [0.15, 0.2) is 0 Å². The predicted octanol–water partition coefficient (Wildman–Crippen LogP) is 0.278. The van der Waals surface area contributed by atoms with Crippen LogP contribution in [0.25, 0.3) is 0 Å². The van der Waals surface area contributed by atoms with Crippen LogP contribution in [-0.2, 0) is 16.6 Å². The Balaban J connectivity index is 2.15. The number of nitrogens with one attached hydrogen (secondary N) is 2. The van der Waals surface area contributed by atoms with Crippen LogP contribution in [0.2, 0.25) is 0 Å². The molecule has 0 aliphatic rings. The average molecular weight is 300 g/mol. The molecule has 19 heavy (non-hydrogen) atoms. The fourth-order valence-electron chi connectivity index (χ4n) is 1.52. The van der Waals surface area contributed by atoms with E-state index in [1.807, 2.05) is 0 Å². The Bertz CT molecular complexity index is 748. The van der Waals surface area contributed by atoms with Gasteiger partial charge in [-0.3, -0.25) is 4.79 Å². The van der Waals surface area contributed by atoms with Gasteiger partial charge < -0.3 is 16.0 Å². The van der Waals surface area contributed by atoms with E-state index < -0.39 is 10.0 Å². The van der Waals surface area contributed by atoms with E-state index in [4.69, 9.17) is 10.9 Å². The third kappa shape index (κ3) is 3.34. The standard InChI is InChI=1S/C10H12N4O3S2/c11-8-3-6(1-2-9(8)19(12,16)17)13-4-7-5-18-10(15)14-7/h1-3,5,13H,4,11H2,(H,14,15)(H2,12,16,17). The molecule has 1 aromatic carbocycles. The molecule has 102 valence electrons. The van der Waals surface area contributed by atoms with Crippen molar-refractivity contribution in [2.75, 3.05) is 11.1 Å². The van der Waals surface area contributed by atoms with Crippen molar-refractivity contribution in [3.63, 3.8) is 0 Å². The van der Waals surface area contributed by atoms with Gasteiger partial charge in [-0.25, -0.2) is 13.6 Å². The molecule has 0 unspecified atom stereocenters. The van der Waals surface area contributed by atoms with Crippen molar-refractivity contribution in [1.82, 2.24) is 4.98 Å². The van der Waals surface area contributed by atoms with E-state index in [1.165, 1.54) is 12.1 Å². The molecule has 0 radical (unpaired) electrons. The van der Waals surface area contributed by atoms with Crippen molar-refractivity contribution in [3.8, 4) is 0 Å². The van der Waals surface area contributed by atoms with Gasteiger partial charge in [-0.2, -0.15) is 0 Å². The lowest BCUT2D eigenvalue weighted by molar-refractivity contribution is 0.598. The molecule has 0 atom stereocenters. The van der Waals surface area contributed by atoms with Crippen LogP contribution in [0.3, 0.4) is 0 Å². The molecule has 1 heterocycles. The molecular formula is C10H12N4O3S2. The summed E-state index contributed by atoms with van der Waals surface area (Å²) in [5.41, 5.74) is 7.08. The summed E-state index contributed by atoms with van der Waals surface area (Å²) >= 11 is 1.08. The van der Waals surface area contributed by atoms with Gasteiger partial charge in [-0.1, -0.05) is 11.3 Å². The highest BCUT2D eigenvalue weighted by molar-refractivity contribution is 7.89. The number of aromatic amines is 1. The highest BCUT2D eigenvalue weighted by Gasteiger charge is 2.12. The number of anilines is 2. The molecule has 0 aliphatic carbocycles. The zero-order valence-electron chi connectivity index (χ0n) is 9.71. The number of nitrogens with two attached hydrogens (primary N) is 2. The first-order valence-corrected chi connectivity index (χ1v) is 7.62. The Labute approximate surface area is 113 Å². The van der Waals surface area contributed by atoms with Crippen LogP contribution < -0.4 is 21.1 Å². The van der Waals surface area contributed by atoms with E-state index in [1.54, 1.807) is 11.4 Å². The maximum atomic E-state index is 11.2. The summed E-state index contributed by atoms with van der Waals surface area (Å²) in [4.78, 5) is 13.4. The first-order valence-electron chi connectivity index (χ1n) is 5.19. The third-order valence-corrected chi connectivity index (χ3v) is 4.07. The van der Waals surface area contributed by atoms with E-state index >= 15 is 0 Å². The van der Waals surface area contributed by atoms with E-state index in [-0.39, 0.29) is 15.5 Å². The second-order valence-electron chi connectivity index (χ2n) is 3.82. The van der Waals surface area contributed by atoms with Crippen molar-refractivity contribution in [1.29, 1.82) is 0 Å². The van der Waals surface area contributed by atoms with E-state index in [9.17, 15) is 13.2 Å². The average Bonchev–Trinajstić information content (AvgIpc) is 2.71. The Kier molecular flexibility index (Phi) is 3.60. The van der Waals surface area contributed by atoms with Gasteiger partial charge in [-0.05, 0) is 18.2 Å². The van der Waals surface area contributed by atoms with Gasteiger partial charge in [-0.15, -0.1) is 0 Å². The molecule has 0 fully saturated rings. The van der Waals surface area contributed by atoms with Crippen LogP contribution in [0, 0.1) is 0 Å². The number of aromatic nitrogens is 1. The SMILES string of the molecule is Nc1cc(NCc2csc(=O)[nH]2)ccc1S(N)(=O)=O. The fourth-order valence-corrected chi connectivity index (χ4v) is 2.74. The van der Waals surface area contributed by atoms with E-state index in [0.29, 0.717) is 12.2 Å². The fraction of sp³-hybridized carbons (Fsp3) is 0.100. The topological polar surface area (TPSA) is 131 Å². The molecule has 2 rings (SSSR count). The largest absolute Gasteiger partial charge is 0.398 e. The van der Waals surface area contributed by atoms with Crippen molar-refractivity contribution >= 4 is 32.7 Å². The molecule has 9 heteroatoms. The van der Waals surface area contributed by atoms with Crippen LogP contribution in [0.15, 0.2) is 33.3 Å². The Morgan fingerprint density at radius 1 is 1.37 bits per heavy atom. The minimum absolute atomic E-state index is 0.0753. The molecule has 0 saturated carbocycles. The number of hydrogen-bond acceptors (Lipinski definition) is 6. The number of primary sulfonamides is 1. The Morgan fingerprint density at radius 2 is 2.11 bits per heavy atom. The molecule has 6 N–H and O–H groups in total. The van der Waals surface area contributed by atoms with Crippen molar-refractivity contribution in [2.45, 2.75) is 11.4 Å². The number of benzene rings is 1. The highest BCUT2D eigenvalue weighted by Crippen LogP contribution is 2.21. The van der Waals surface area contributed by atoms with Crippen LogP contribution >= 0.6 is 11.3 Å². The lowest BCUT2D eigenvalue weighted by Gasteiger charge is -2.08. The number of thiazole rings is 1. The van der Waals surface area contributed by atoms with Crippen molar-refractivity contribution < 1.29 is 8.42 Å². The van der Waals surface area contributed by atoms with Gasteiger partial charge >= 0.3 is 4.87 Å². The Hall–Kier alpha value is -1.84. The quantitative estimate of drug-likeness (QED) is 0.602. The molecule has 0 bridgehead atoms. The molecule has 0 amide bonds. The second kappa shape index (κ2) is 5.03. The van der Waals surface area contributed by atoms with E-state index in [0.717, 1.165) is 17.0 Å². The first-order chi connectivity index (χ1) is 8.86. The molecule has 2 aromatic rings. The van der Waals surface area contributed by atoms with Crippen molar-refractivity contribution in [2.24, 2.45) is 5.14 Å². The molecule has 0 saturated heterocycles. The second-order valence-corrected chi connectivity index (χ2v) is 6.20. The van der Waals surface area contributed by atoms with Crippen LogP contribution in [0.4, 0.5) is 11.4 Å². The van der Waals surface area contributed by atoms with Gasteiger partial charge in [0.05, 0.1) is 12.2 Å². The predicted molar refractivity (Wildman–Crippen MR) is 74.5 cm³/mol. The summed E-state index contributed by atoms with van der Waals surface area (Å²) in [5, 5.41) is 9.73. The normalized spacial score (nSPS) is 11.4. The number of rotatable bonds is 4. The summed E-state index contributed by atoms with van der Waals surface area (Å²) in [5.74, 6) is 0. The van der Waals surface area contributed by atoms with Gasteiger partial charge in [0, 0.05) is 16.8 Å². The summed E-state index contributed by atoms with van der Waals surface area (Å²) in [7, 11) is -3.81. The monoisotopic (exact) mass is 300 g/mol. The number of sulfonamides is 1. The third-order valence-electron chi connectivity index (χ3n) is 2.37. The lowest BCUT2D eigenvalue weighted by Crippen LogP contribution is -2.14. The van der Waals surface area contributed by atoms with Gasteiger partial charge in [0.25, 0.3) is 0 Å². The van der Waals surface area contributed by atoms with Crippen LogP contribution in [0.1, 0.15) is 5.69 Å². The molecule has 0 aliphatic heterocycles. The molecule has 0 spiro atoms. The zero-order valence-corrected chi connectivity index (χ0v) is 11.3. The highest BCUT2D eigenvalue weighted by atomic mass is 32.2. The maximum absolute atomic E-state index is 11.2. The van der Waals surface area contributed by atoms with Crippen LogP contribution in [0.5, 0.6) is 0 Å². The van der Waals surface area contributed by atoms with Gasteiger partial charge in [0.1, 0.15) is 4.90 Å². The zero-order chi connectivity index (χ0) is 14.0. The molecular weight excluding hydrogens is 288 g/mol. The summed E-state index contributed by atoms with van der Waals surface area (Å²) in [6, 6.07) is 4.37. The summed E-state index contributed by atoms with van der Waals surface area (Å²) < 4.78 is 22.4. The summed E-state index contributed by atoms with van der Waals surface area (Å²) in [6.45, 7) is 0.410. The smallest absolute Gasteiger partial charge is 0.304 e.